The highest BCUT2D eigenvalue weighted by atomic mass is 16.5. The predicted molar refractivity (Wildman–Crippen MR) is 86.1 cm³/mol. The predicted octanol–water partition coefficient (Wildman–Crippen LogP) is 2.26. The third-order valence-corrected chi connectivity index (χ3v) is 3.12. The molecule has 8 heteroatoms. The Hall–Kier alpha value is -3.68. The van der Waals surface area contributed by atoms with E-state index in [2.05, 4.69) is 5.32 Å². The van der Waals surface area contributed by atoms with Gasteiger partial charge in [0.05, 0.1) is 22.4 Å². The first kappa shape index (κ1) is 17.7. The van der Waals surface area contributed by atoms with Gasteiger partial charge in [0, 0.05) is 6.92 Å². The molecule has 0 aliphatic carbocycles. The Morgan fingerprint density at radius 3 is 2.12 bits per heavy atom. The Bertz CT molecular complexity index is 873. The van der Waals surface area contributed by atoms with Crippen LogP contribution in [-0.2, 0) is 4.79 Å². The molecule has 0 radical (unpaired) electrons. The highest BCUT2D eigenvalue weighted by Gasteiger charge is 2.19. The minimum absolute atomic E-state index is 0.0666. The van der Waals surface area contributed by atoms with Crippen LogP contribution in [0, 0.1) is 0 Å². The molecular weight excluding hydrogens is 330 g/mol. The van der Waals surface area contributed by atoms with Gasteiger partial charge in [-0.15, -0.1) is 0 Å². The second-order valence-electron chi connectivity index (χ2n) is 4.93. The van der Waals surface area contributed by atoms with Crippen molar-refractivity contribution in [2.24, 2.45) is 0 Å². The number of carbonyl (C=O) groups excluding carboxylic acids is 2. The number of rotatable bonds is 5. The lowest BCUT2D eigenvalue weighted by Crippen LogP contribution is -2.15. The molecule has 0 unspecified atom stereocenters. The summed E-state index contributed by atoms with van der Waals surface area (Å²) in [6, 6.07) is 9.28. The first-order valence-electron chi connectivity index (χ1n) is 6.99. The number of aromatic carboxylic acids is 2. The van der Waals surface area contributed by atoms with Crippen LogP contribution in [0.25, 0.3) is 0 Å². The first-order chi connectivity index (χ1) is 11.8. The molecule has 0 bridgehead atoms. The Balaban J connectivity index is 2.33. The number of hydrogen-bond acceptors (Lipinski definition) is 5. The molecule has 0 saturated heterocycles. The average molecular weight is 343 g/mol. The quantitative estimate of drug-likeness (QED) is 0.560. The number of carboxylic acids is 2. The number of carboxylic acid groups (broad SMARTS) is 2. The average Bonchev–Trinajstić information content (AvgIpc) is 2.54. The summed E-state index contributed by atoms with van der Waals surface area (Å²) in [5.41, 5.74) is -0.628. The summed E-state index contributed by atoms with van der Waals surface area (Å²) in [4.78, 5) is 45.6. The molecule has 2 aromatic carbocycles. The molecule has 128 valence electrons. The van der Waals surface area contributed by atoms with Crippen molar-refractivity contribution in [1.29, 1.82) is 0 Å². The molecule has 0 aromatic heterocycles. The van der Waals surface area contributed by atoms with Crippen LogP contribution in [0.1, 0.15) is 38.0 Å². The molecule has 0 aliphatic heterocycles. The fourth-order valence-corrected chi connectivity index (χ4v) is 2.07. The van der Waals surface area contributed by atoms with Gasteiger partial charge in [-0.05, 0) is 30.3 Å². The summed E-state index contributed by atoms with van der Waals surface area (Å²) in [5.74, 6) is -4.21. The Morgan fingerprint density at radius 2 is 1.52 bits per heavy atom. The minimum atomic E-state index is -1.46. The molecule has 2 aromatic rings. The van der Waals surface area contributed by atoms with Crippen LogP contribution in [0.5, 0.6) is 5.75 Å². The number of nitrogens with one attached hydrogen (secondary N) is 1. The fourth-order valence-electron chi connectivity index (χ4n) is 2.07. The fraction of sp³-hybridized carbons (Fsp3) is 0.0588. The molecule has 8 nitrogen and oxygen atoms in total. The Labute approximate surface area is 141 Å². The van der Waals surface area contributed by atoms with E-state index in [1.54, 1.807) is 12.1 Å². The summed E-state index contributed by atoms with van der Waals surface area (Å²) in [6.45, 7) is 1.28. The van der Waals surface area contributed by atoms with Crippen LogP contribution in [0.2, 0.25) is 0 Å². The molecule has 0 spiro atoms. The van der Waals surface area contributed by atoms with Crippen molar-refractivity contribution in [3.05, 3.63) is 59.2 Å². The van der Waals surface area contributed by atoms with Crippen LogP contribution in [0.3, 0.4) is 0 Å². The van der Waals surface area contributed by atoms with E-state index in [0.717, 1.165) is 12.1 Å². The number of esters is 1. The van der Waals surface area contributed by atoms with Gasteiger partial charge in [-0.1, -0.05) is 12.1 Å². The molecule has 0 fully saturated rings. The summed E-state index contributed by atoms with van der Waals surface area (Å²) in [7, 11) is 0. The molecule has 0 heterocycles. The van der Waals surface area contributed by atoms with E-state index in [4.69, 9.17) is 14.9 Å². The van der Waals surface area contributed by atoms with Gasteiger partial charge in [-0.3, -0.25) is 4.79 Å². The monoisotopic (exact) mass is 343 g/mol. The van der Waals surface area contributed by atoms with Gasteiger partial charge in [0.2, 0.25) is 5.91 Å². The molecule has 1 amide bonds. The molecule has 0 saturated carbocycles. The van der Waals surface area contributed by atoms with Crippen LogP contribution in [0.4, 0.5) is 5.69 Å². The molecule has 2 rings (SSSR count). The molecule has 25 heavy (non-hydrogen) atoms. The highest BCUT2D eigenvalue weighted by molar-refractivity contribution is 6.03. The second-order valence-corrected chi connectivity index (χ2v) is 4.93. The third-order valence-electron chi connectivity index (χ3n) is 3.12. The number of para-hydroxylation sites is 1. The number of anilines is 1. The van der Waals surface area contributed by atoms with Gasteiger partial charge in [-0.2, -0.15) is 0 Å². The normalized spacial score (nSPS) is 9.96. The number of amides is 1. The van der Waals surface area contributed by atoms with Gasteiger partial charge in [0.25, 0.3) is 0 Å². The largest absolute Gasteiger partial charge is 0.478 e. The highest BCUT2D eigenvalue weighted by Crippen LogP contribution is 2.22. The SMILES string of the molecule is CC(=O)Nc1ccccc1C(=O)Oc1ccc(C(=O)O)c(C(=O)O)c1. The van der Waals surface area contributed by atoms with Crippen LogP contribution in [0.15, 0.2) is 42.5 Å². The van der Waals surface area contributed by atoms with E-state index >= 15 is 0 Å². The molecule has 0 atom stereocenters. The van der Waals surface area contributed by atoms with Crippen LogP contribution in [-0.4, -0.2) is 34.0 Å². The van der Waals surface area contributed by atoms with E-state index < -0.39 is 29.0 Å². The second kappa shape index (κ2) is 7.26. The number of benzene rings is 2. The van der Waals surface area contributed by atoms with Crippen molar-refractivity contribution in [2.75, 3.05) is 5.32 Å². The van der Waals surface area contributed by atoms with E-state index in [0.29, 0.717) is 0 Å². The van der Waals surface area contributed by atoms with E-state index in [1.807, 2.05) is 0 Å². The number of ether oxygens (including phenoxy) is 1. The van der Waals surface area contributed by atoms with Crippen molar-refractivity contribution < 1.29 is 34.1 Å². The molecular formula is C17H13NO7. The maximum absolute atomic E-state index is 12.3. The van der Waals surface area contributed by atoms with Gasteiger partial charge in [0.15, 0.2) is 0 Å². The van der Waals surface area contributed by atoms with Crippen molar-refractivity contribution in [3.8, 4) is 5.75 Å². The maximum atomic E-state index is 12.3. The minimum Gasteiger partial charge on any atom is -0.478 e. The standard InChI is InChI=1S/C17H13NO7/c1-9(19)18-14-5-3-2-4-12(14)17(24)25-10-6-7-11(15(20)21)13(8-10)16(22)23/h2-8H,1H3,(H,18,19)(H,20,21)(H,22,23). The summed E-state index contributed by atoms with van der Waals surface area (Å²) >= 11 is 0. The molecule has 0 aliphatic rings. The maximum Gasteiger partial charge on any atom is 0.345 e. The number of hydrogen-bond donors (Lipinski definition) is 3. The van der Waals surface area contributed by atoms with E-state index in [9.17, 15) is 19.2 Å². The lowest BCUT2D eigenvalue weighted by molar-refractivity contribution is -0.114. The van der Waals surface area contributed by atoms with Gasteiger partial charge < -0.3 is 20.3 Å². The Morgan fingerprint density at radius 1 is 0.880 bits per heavy atom. The molecule has 3 N–H and O–H groups in total. The zero-order valence-corrected chi connectivity index (χ0v) is 13.0. The van der Waals surface area contributed by atoms with Crippen LogP contribution >= 0.6 is 0 Å². The first-order valence-corrected chi connectivity index (χ1v) is 6.99. The summed E-state index contributed by atoms with van der Waals surface area (Å²) in [6.07, 6.45) is 0. The summed E-state index contributed by atoms with van der Waals surface area (Å²) < 4.78 is 5.10. The third kappa shape index (κ3) is 4.20. The lowest BCUT2D eigenvalue weighted by Gasteiger charge is -2.10. The number of carbonyl (C=O) groups is 4. The van der Waals surface area contributed by atoms with E-state index in [-0.39, 0.29) is 22.9 Å². The summed E-state index contributed by atoms with van der Waals surface area (Å²) in [5, 5.41) is 20.5. The van der Waals surface area contributed by atoms with Crippen molar-refractivity contribution in [1.82, 2.24) is 0 Å². The smallest absolute Gasteiger partial charge is 0.345 e. The zero-order valence-electron chi connectivity index (χ0n) is 13.0. The van der Waals surface area contributed by atoms with Crippen molar-refractivity contribution in [3.63, 3.8) is 0 Å². The van der Waals surface area contributed by atoms with Crippen molar-refractivity contribution in [2.45, 2.75) is 6.92 Å². The van der Waals surface area contributed by atoms with Crippen LogP contribution < -0.4 is 10.1 Å². The van der Waals surface area contributed by atoms with Gasteiger partial charge in [-0.25, -0.2) is 14.4 Å². The lowest BCUT2D eigenvalue weighted by atomic mass is 10.1. The van der Waals surface area contributed by atoms with Gasteiger partial charge >= 0.3 is 17.9 Å². The topological polar surface area (TPSA) is 130 Å². The van der Waals surface area contributed by atoms with Gasteiger partial charge in [0.1, 0.15) is 5.75 Å². The Kier molecular flexibility index (Phi) is 5.13. The van der Waals surface area contributed by atoms with E-state index in [1.165, 1.54) is 25.1 Å². The zero-order chi connectivity index (χ0) is 18.6. The van der Waals surface area contributed by atoms with Crippen molar-refractivity contribution >= 4 is 29.5 Å².